The zero-order valence-electron chi connectivity index (χ0n) is 9.24. The first kappa shape index (κ1) is 11.5. The number of amides is 1. The molecule has 0 saturated carbocycles. The quantitative estimate of drug-likeness (QED) is 0.782. The number of pyridine rings is 1. The van der Waals surface area contributed by atoms with Gasteiger partial charge in [-0.3, -0.25) is 4.79 Å². The van der Waals surface area contributed by atoms with Crippen LogP contribution in [0.4, 0.5) is 5.82 Å². The molecule has 0 atom stereocenters. The normalized spacial score (nSPS) is 11.1. The van der Waals surface area contributed by atoms with Gasteiger partial charge in [-0.25, -0.2) is 0 Å². The van der Waals surface area contributed by atoms with Crippen LogP contribution in [-0.4, -0.2) is 16.0 Å². The highest BCUT2D eigenvalue weighted by Gasteiger charge is 2.16. The number of rotatable bonds is 2. The Labute approximate surface area is 89.3 Å². The number of hydrogen-bond acceptors (Lipinski definition) is 3. The number of aromatic hydroxyl groups is 1. The molecule has 0 bridgehead atoms. The van der Waals surface area contributed by atoms with Crippen LogP contribution in [0.2, 0.25) is 0 Å². The molecule has 82 valence electrons. The van der Waals surface area contributed by atoms with E-state index in [0.29, 0.717) is 12.2 Å². The number of carbonyl (C=O) groups excluding carboxylic acids is 1. The van der Waals surface area contributed by atoms with Gasteiger partial charge in [0.25, 0.3) is 0 Å². The maximum absolute atomic E-state index is 11.5. The van der Waals surface area contributed by atoms with Crippen LogP contribution in [0.3, 0.4) is 0 Å². The third kappa shape index (κ3) is 4.44. The minimum absolute atomic E-state index is 0.0547. The van der Waals surface area contributed by atoms with Crippen LogP contribution >= 0.6 is 0 Å². The Morgan fingerprint density at radius 1 is 1.47 bits per heavy atom. The van der Waals surface area contributed by atoms with Gasteiger partial charge in [-0.05, 0) is 11.5 Å². The fraction of sp³-hybridized carbons (Fsp3) is 0.455. The largest absolute Gasteiger partial charge is 0.493 e. The van der Waals surface area contributed by atoms with Crippen molar-refractivity contribution in [2.45, 2.75) is 27.2 Å². The number of carbonyl (C=O) groups is 1. The molecule has 4 heteroatoms. The first-order valence-corrected chi connectivity index (χ1v) is 4.83. The van der Waals surface area contributed by atoms with E-state index >= 15 is 0 Å². The van der Waals surface area contributed by atoms with Gasteiger partial charge in [0.2, 0.25) is 11.8 Å². The molecule has 0 spiro atoms. The lowest BCUT2D eigenvalue weighted by Crippen LogP contribution is -2.20. The van der Waals surface area contributed by atoms with E-state index in [1.54, 1.807) is 12.1 Å². The number of hydrogen-bond donors (Lipinski definition) is 2. The third-order valence-corrected chi connectivity index (χ3v) is 1.69. The molecule has 1 aromatic heterocycles. The third-order valence-electron chi connectivity index (χ3n) is 1.69. The van der Waals surface area contributed by atoms with Crippen molar-refractivity contribution in [1.29, 1.82) is 0 Å². The van der Waals surface area contributed by atoms with Crippen molar-refractivity contribution in [2.24, 2.45) is 5.41 Å². The molecule has 0 radical (unpaired) electrons. The summed E-state index contributed by atoms with van der Waals surface area (Å²) in [6, 6.07) is 4.73. The standard InChI is InChI=1S/C11H16N2O2/c1-11(2,3)7-10(15)13-8-5-4-6-9(14)12-8/h4-6H,7H2,1-3H3,(H2,12,13,14,15). The fourth-order valence-electron chi connectivity index (χ4n) is 1.16. The zero-order chi connectivity index (χ0) is 11.5. The van der Waals surface area contributed by atoms with Gasteiger partial charge >= 0.3 is 0 Å². The predicted octanol–water partition coefficient (Wildman–Crippen LogP) is 2.16. The molecule has 2 N–H and O–H groups in total. The molecular formula is C11H16N2O2. The molecular weight excluding hydrogens is 192 g/mol. The topological polar surface area (TPSA) is 62.2 Å². The van der Waals surface area contributed by atoms with Crippen LogP contribution in [0.5, 0.6) is 5.88 Å². The number of anilines is 1. The van der Waals surface area contributed by atoms with Crippen LogP contribution < -0.4 is 5.32 Å². The van der Waals surface area contributed by atoms with Crippen molar-refractivity contribution in [1.82, 2.24) is 4.98 Å². The summed E-state index contributed by atoms with van der Waals surface area (Å²) in [6.45, 7) is 5.97. The van der Waals surface area contributed by atoms with Gasteiger partial charge in [-0.15, -0.1) is 0 Å². The molecule has 0 aliphatic heterocycles. The number of aromatic nitrogens is 1. The summed E-state index contributed by atoms with van der Waals surface area (Å²) in [7, 11) is 0. The first-order chi connectivity index (χ1) is 6.87. The Bertz CT molecular complexity index is 356. The van der Waals surface area contributed by atoms with Crippen LogP contribution in [0, 0.1) is 5.41 Å². The fourth-order valence-corrected chi connectivity index (χ4v) is 1.16. The van der Waals surface area contributed by atoms with Crippen molar-refractivity contribution in [3.8, 4) is 5.88 Å². The van der Waals surface area contributed by atoms with Gasteiger partial charge in [-0.1, -0.05) is 26.8 Å². The van der Waals surface area contributed by atoms with E-state index in [-0.39, 0.29) is 17.2 Å². The molecule has 0 aliphatic carbocycles. The monoisotopic (exact) mass is 208 g/mol. The average molecular weight is 208 g/mol. The summed E-state index contributed by atoms with van der Waals surface area (Å²) >= 11 is 0. The van der Waals surface area contributed by atoms with Crippen molar-refractivity contribution in [3.05, 3.63) is 18.2 Å². The van der Waals surface area contributed by atoms with Crippen molar-refractivity contribution in [3.63, 3.8) is 0 Å². The Hall–Kier alpha value is -1.58. The summed E-state index contributed by atoms with van der Waals surface area (Å²) in [5.74, 6) is 0.188. The summed E-state index contributed by atoms with van der Waals surface area (Å²) < 4.78 is 0. The molecule has 0 fully saturated rings. The van der Waals surface area contributed by atoms with Gasteiger partial charge in [0.1, 0.15) is 5.82 Å². The van der Waals surface area contributed by atoms with Gasteiger partial charge in [-0.2, -0.15) is 4.98 Å². The van der Waals surface area contributed by atoms with Crippen molar-refractivity contribution in [2.75, 3.05) is 5.32 Å². The van der Waals surface area contributed by atoms with E-state index in [1.807, 2.05) is 20.8 Å². The smallest absolute Gasteiger partial charge is 0.226 e. The van der Waals surface area contributed by atoms with Crippen LogP contribution in [0.1, 0.15) is 27.2 Å². The summed E-state index contributed by atoms with van der Waals surface area (Å²) in [6.07, 6.45) is 0.421. The maximum atomic E-state index is 11.5. The SMILES string of the molecule is CC(C)(C)CC(=O)Nc1cccc(O)n1. The van der Waals surface area contributed by atoms with E-state index in [4.69, 9.17) is 5.11 Å². The molecule has 1 aromatic rings. The molecule has 1 rings (SSSR count). The highest BCUT2D eigenvalue weighted by molar-refractivity contribution is 5.90. The van der Waals surface area contributed by atoms with Crippen molar-refractivity contribution < 1.29 is 9.90 Å². The lowest BCUT2D eigenvalue weighted by atomic mass is 9.92. The highest BCUT2D eigenvalue weighted by atomic mass is 16.3. The zero-order valence-corrected chi connectivity index (χ0v) is 9.24. The van der Waals surface area contributed by atoms with Gasteiger partial charge < -0.3 is 10.4 Å². The lowest BCUT2D eigenvalue weighted by Gasteiger charge is -2.16. The molecule has 0 saturated heterocycles. The van der Waals surface area contributed by atoms with E-state index in [2.05, 4.69) is 10.3 Å². The van der Waals surface area contributed by atoms with Gasteiger partial charge in [0.05, 0.1) is 0 Å². The minimum atomic E-state index is -0.0967. The maximum Gasteiger partial charge on any atom is 0.226 e. The van der Waals surface area contributed by atoms with E-state index < -0.39 is 0 Å². The van der Waals surface area contributed by atoms with E-state index in [1.165, 1.54) is 6.07 Å². The second kappa shape index (κ2) is 4.29. The molecule has 1 amide bonds. The molecule has 0 aliphatic rings. The Morgan fingerprint density at radius 3 is 2.67 bits per heavy atom. The Kier molecular flexibility index (Phi) is 3.29. The second-order valence-electron chi connectivity index (χ2n) is 4.67. The predicted molar refractivity (Wildman–Crippen MR) is 58.6 cm³/mol. The van der Waals surface area contributed by atoms with Crippen LogP contribution in [0.15, 0.2) is 18.2 Å². The Balaban J connectivity index is 2.59. The van der Waals surface area contributed by atoms with Crippen molar-refractivity contribution >= 4 is 11.7 Å². The highest BCUT2D eigenvalue weighted by Crippen LogP contribution is 2.19. The summed E-state index contributed by atoms with van der Waals surface area (Å²) in [5.41, 5.74) is -0.0547. The number of nitrogens with zero attached hydrogens (tertiary/aromatic N) is 1. The van der Waals surface area contributed by atoms with Crippen LogP contribution in [0.25, 0.3) is 0 Å². The van der Waals surface area contributed by atoms with Crippen LogP contribution in [-0.2, 0) is 4.79 Å². The van der Waals surface area contributed by atoms with Gasteiger partial charge in [0, 0.05) is 12.5 Å². The Morgan fingerprint density at radius 2 is 2.13 bits per heavy atom. The molecule has 0 aromatic carbocycles. The first-order valence-electron chi connectivity index (χ1n) is 4.83. The summed E-state index contributed by atoms with van der Waals surface area (Å²) in [4.78, 5) is 15.3. The molecule has 4 nitrogen and oxygen atoms in total. The molecule has 0 unspecified atom stereocenters. The van der Waals surface area contributed by atoms with Gasteiger partial charge in [0.15, 0.2) is 0 Å². The second-order valence-corrected chi connectivity index (χ2v) is 4.67. The van der Waals surface area contributed by atoms with E-state index in [9.17, 15) is 4.79 Å². The number of nitrogens with one attached hydrogen (secondary N) is 1. The molecule has 15 heavy (non-hydrogen) atoms. The minimum Gasteiger partial charge on any atom is -0.493 e. The molecule has 1 heterocycles. The van der Waals surface area contributed by atoms with E-state index in [0.717, 1.165) is 0 Å². The summed E-state index contributed by atoms with van der Waals surface area (Å²) in [5, 5.41) is 11.7. The average Bonchev–Trinajstić information content (AvgIpc) is 1.99. The lowest BCUT2D eigenvalue weighted by molar-refractivity contribution is -0.117.